The molecule has 0 spiro atoms. The minimum atomic E-state index is -0.535. The van der Waals surface area contributed by atoms with Gasteiger partial charge in [-0.05, 0) is 18.2 Å². The molecule has 2 aromatic rings. The maximum absolute atomic E-state index is 12.4. The predicted octanol–water partition coefficient (Wildman–Crippen LogP) is 2.21. The quantitative estimate of drug-likeness (QED) is 0.679. The average Bonchev–Trinajstić information content (AvgIpc) is 2.23. The lowest BCUT2D eigenvalue weighted by Gasteiger charge is -2.02. The maximum Gasteiger partial charge on any atom is 0.219 e. The van der Waals surface area contributed by atoms with Crippen molar-refractivity contribution in [2.24, 2.45) is 0 Å². The van der Waals surface area contributed by atoms with Crippen LogP contribution in [0.1, 0.15) is 0 Å². The van der Waals surface area contributed by atoms with Crippen molar-refractivity contribution >= 4 is 0 Å². The number of pyridine rings is 2. The summed E-state index contributed by atoms with van der Waals surface area (Å²) >= 11 is 0. The largest absolute Gasteiger partial charge is 0.437 e. The molecule has 0 aliphatic rings. The molecule has 2 aromatic heterocycles. The summed E-state index contributed by atoms with van der Waals surface area (Å²) in [6.45, 7) is 0. The van der Waals surface area contributed by atoms with Gasteiger partial charge in [0.2, 0.25) is 11.8 Å². The summed E-state index contributed by atoms with van der Waals surface area (Å²) in [4.78, 5) is 7.35. The van der Waals surface area contributed by atoms with Crippen LogP contribution in [0.5, 0.6) is 11.6 Å². The summed E-state index contributed by atoms with van der Waals surface area (Å²) in [7, 11) is 0. The lowest BCUT2D eigenvalue weighted by molar-refractivity contribution is 0.456. The lowest BCUT2D eigenvalue weighted by atomic mass is 10.4. The third kappa shape index (κ3) is 2.04. The van der Waals surface area contributed by atoms with Crippen LogP contribution in [0.15, 0.2) is 36.7 Å². The number of ether oxygens (including phenoxy) is 1. The normalized spacial score (nSPS) is 9.79. The van der Waals surface area contributed by atoms with Crippen molar-refractivity contribution in [3.63, 3.8) is 0 Å². The van der Waals surface area contributed by atoms with E-state index in [1.54, 1.807) is 12.1 Å². The van der Waals surface area contributed by atoms with Gasteiger partial charge in [-0.15, -0.1) is 0 Å². The number of aromatic nitrogens is 2. The second-order valence-corrected chi connectivity index (χ2v) is 2.52. The van der Waals surface area contributed by atoms with Gasteiger partial charge in [-0.3, -0.25) is 0 Å². The summed E-state index contributed by atoms with van der Waals surface area (Å²) in [5.74, 6) is 0.342. The molecule has 0 atom stereocenters. The molecule has 1 radical (unpaired) electrons. The first-order chi connectivity index (χ1) is 6.84. The van der Waals surface area contributed by atoms with E-state index in [4.69, 9.17) is 4.74 Å². The molecule has 4 heteroatoms. The zero-order valence-corrected chi connectivity index (χ0v) is 7.14. The SMILES string of the molecule is Fc1ccc(Oc2cc[c]cn2)cn1. The zero-order valence-electron chi connectivity index (χ0n) is 7.14. The van der Waals surface area contributed by atoms with Gasteiger partial charge in [0.25, 0.3) is 0 Å². The van der Waals surface area contributed by atoms with Gasteiger partial charge in [-0.25, -0.2) is 9.97 Å². The summed E-state index contributed by atoms with van der Waals surface area (Å²) in [6, 6.07) is 8.81. The van der Waals surface area contributed by atoms with Gasteiger partial charge in [0.1, 0.15) is 5.75 Å². The van der Waals surface area contributed by atoms with Crippen molar-refractivity contribution in [2.45, 2.75) is 0 Å². The van der Waals surface area contributed by atoms with Gasteiger partial charge < -0.3 is 4.74 Å². The van der Waals surface area contributed by atoms with Crippen LogP contribution in [-0.4, -0.2) is 9.97 Å². The number of rotatable bonds is 2. The Hall–Kier alpha value is -1.97. The molecule has 0 bridgehead atoms. The molecule has 0 unspecified atom stereocenters. The van der Waals surface area contributed by atoms with E-state index in [0.717, 1.165) is 0 Å². The third-order valence-corrected chi connectivity index (χ3v) is 1.51. The van der Waals surface area contributed by atoms with E-state index in [9.17, 15) is 4.39 Å². The molecule has 2 heterocycles. The molecule has 0 aliphatic heterocycles. The van der Waals surface area contributed by atoms with Crippen LogP contribution in [0.25, 0.3) is 0 Å². The Bertz CT molecular complexity index is 402. The number of hydrogen-bond acceptors (Lipinski definition) is 3. The van der Waals surface area contributed by atoms with E-state index in [-0.39, 0.29) is 0 Å². The first-order valence-corrected chi connectivity index (χ1v) is 3.96. The zero-order chi connectivity index (χ0) is 9.80. The summed E-state index contributed by atoms with van der Waals surface area (Å²) in [6.07, 6.45) is 2.79. The molecule has 3 nitrogen and oxygen atoms in total. The van der Waals surface area contributed by atoms with Crippen LogP contribution >= 0.6 is 0 Å². The number of hydrogen-bond donors (Lipinski definition) is 0. The Kier molecular flexibility index (Phi) is 2.36. The molecule has 0 N–H and O–H groups in total. The first kappa shape index (κ1) is 8.62. The summed E-state index contributed by atoms with van der Waals surface area (Å²) in [5, 5.41) is 0. The van der Waals surface area contributed by atoms with Gasteiger partial charge in [0.15, 0.2) is 0 Å². The van der Waals surface area contributed by atoms with E-state index >= 15 is 0 Å². The molecular formula is C10H6FN2O. The van der Waals surface area contributed by atoms with Gasteiger partial charge in [-0.2, -0.15) is 4.39 Å². The standard InChI is InChI=1S/C10H6FN2O/c11-9-5-4-8(7-13-9)14-10-3-1-2-6-12-10/h1,3-7H. The Morgan fingerprint density at radius 2 is 2.14 bits per heavy atom. The van der Waals surface area contributed by atoms with E-state index in [2.05, 4.69) is 16.0 Å². The highest BCUT2D eigenvalue weighted by molar-refractivity contribution is 5.22. The summed E-state index contributed by atoms with van der Waals surface area (Å²) in [5.41, 5.74) is 0. The molecule has 0 saturated carbocycles. The molecule has 14 heavy (non-hydrogen) atoms. The third-order valence-electron chi connectivity index (χ3n) is 1.51. The topological polar surface area (TPSA) is 35.0 Å². The Morgan fingerprint density at radius 3 is 2.79 bits per heavy atom. The minimum Gasteiger partial charge on any atom is -0.437 e. The first-order valence-electron chi connectivity index (χ1n) is 3.96. The summed E-state index contributed by atoms with van der Waals surface area (Å²) < 4.78 is 17.7. The Balaban J connectivity index is 2.16. The molecule has 2 rings (SSSR count). The molecule has 0 aliphatic carbocycles. The molecule has 0 amide bonds. The van der Waals surface area contributed by atoms with Crippen molar-refractivity contribution < 1.29 is 9.13 Å². The molecule has 0 fully saturated rings. The van der Waals surface area contributed by atoms with Crippen molar-refractivity contribution in [3.8, 4) is 11.6 Å². The predicted molar refractivity (Wildman–Crippen MR) is 47.3 cm³/mol. The fourth-order valence-electron chi connectivity index (χ4n) is 0.910. The van der Waals surface area contributed by atoms with Gasteiger partial charge in [0, 0.05) is 18.3 Å². The average molecular weight is 189 g/mol. The van der Waals surface area contributed by atoms with Crippen LogP contribution < -0.4 is 4.74 Å². The fourth-order valence-corrected chi connectivity index (χ4v) is 0.910. The van der Waals surface area contributed by atoms with E-state index in [1.807, 2.05) is 0 Å². The second-order valence-electron chi connectivity index (χ2n) is 2.52. The number of nitrogens with zero attached hydrogens (tertiary/aromatic N) is 2. The molecule has 69 valence electrons. The second kappa shape index (κ2) is 3.83. The van der Waals surface area contributed by atoms with E-state index in [1.165, 1.54) is 24.5 Å². The van der Waals surface area contributed by atoms with Gasteiger partial charge in [0.05, 0.1) is 6.20 Å². The van der Waals surface area contributed by atoms with Crippen molar-refractivity contribution in [3.05, 3.63) is 48.7 Å². The highest BCUT2D eigenvalue weighted by Crippen LogP contribution is 2.16. The van der Waals surface area contributed by atoms with Crippen molar-refractivity contribution in [1.29, 1.82) is 0 Å². The van der Waals surface area contributed by atoms with Crippen LogP contribution in [0, 0.1) is 12.0 Å². The Labute approximate surface area is 80.2 Å². The highest BCUT2D eigenvalue weighted by Gasteiger charge is 1.97. The van der Waals surface area contributed by atoms with Crippen LogP contribution in [-0.2, 0) is 0 Å². The van der Waals surface area contributed by atoms with Crippen molar-refractivity contribution in [1.82, 2.24) is 9.97 Å². The lowest BCUT2D eigenvalue weighted by Crippen LogP contribution is -1.88. The fraction of sp³-hybridized carbons (Fsp3) is 0. The van der Waals surface area contributed by atoms with Gasteiger partial charge >= 0.3 is 0 Å². The Morgan fingerprint density at radius 1 is 1.21 bits per heavy atom. The smallest absolute Gasteiger partial charge is 0.219 e. The van der Waals surface area contributed by atoms with E-state index in [0.29, 0.717) is 11.6 Å². The molecule has 0 aromatic carbocycles. The van der Waals surface area contributed by atoms with Crippen LogP contribution in [0.4, 0.5) is 4.39 Å². The van der Waals surface area contributed by atoms with Crippen LogP contribution in [0.2, 0.25) is 0 Å². The minimum absolute atomic E-state index is 0.428. The van der Waals surface area contributed by atoms with Gasteiger partial charge in [-0.1, -0.05) is 0 Å². The van der Waals surface area contributed by atoms with E-state index < -0.39 is 5.95 Å². The molecular weight excluding hydrogens is 183 g/mol. The van der Waals surface area contributed by atoms with Crippen molar-refractivity contribution in [2.75, 3.05) is 0 Å². The highest BCUT2D eigenvalue weighted by atomic mass is 19.1. The number of halogens is 1. The van der Waals surface area contributed by atoms with Crippen LogP contribution in [0.3, 0.4) is 0 Å². The monoisotopic (exact) mass is 189 g/mol. The molecule has 0 saturated heterocycles. The maximum atomic E-state index is 12.4.